The van der Waals surface area contributed by atoms with Gasteiger partial charge in [0.05, 0.1) is 12.1 Å². The van der Waals surface area contributed by atoms with E-state index in [-0.39, 0.29) is 31.6 Å². The van der Waals surface area contributed by atoms with E-state index in [9.17, 15) is 9.59 Å². The minimum Gasteiger partial charge on any atom is -0.338 e. The van der Waals surface area contributed by atoms with Gasteiger partial charge in [0.2, 0.25) is 0 Å². The van der Waals surface area contributed by atoms with Gasteiger partial charge in [-0.25, -0.2) is 9.59 Å². The van der Waals surface area contributed by atoms with Gasteiger partial charge < -0.3 is 21.3 Å². The van der Waals surface area contributed by atoms with E-state index in [0.717, 1.165) is 51.6 Å². The molecule has 0 aromatic carbocycles. The van der Waals surface area contributed by atoms with Crippen LogP contribution in [0.2, 0.25) is 0 Å². The molecule has 0 radical (unpaired) electrons. The van der Waals surface area contributed by atoms with Crippen LogP contribution in [0.4, 0.5) is 9.59 Å². The Morgan fingerprint density at radius 3 is 1.08 bits per heavy atom. The van der Waals surface area contributed by atoms with Gasteiger partial charge in [0, 0.05) is 13.1 Å². The van der Waals surface area contributed by atoms with Crippen molar-refractivity contribution in [2.45, 2.75) is 187 Å². The lowest BCUT2D eigenvalue weighted by molar-refractivity contribution is 0.213. The van der Waals surface area contributed by atoms with E-state index in [1.54, 1.807) is 0 Å². The summed E-state index contributed by atoms with van der Waals surface area (Å²) in [5.74, 6) is 0. The van der Waals surface area contributed by atoms with Gasteiger partial charge in [-0.05, 0) is 25.7 Å². The zero-order valence-corrected chi connectivity index (χ0v) is 25.4. The van der Waals surface area contributed by atoms with E-state index in [0.29, 0.717) is 0 Å². The molecule has 39 heavy (non-hydrogen) atoms. The van der Waals surface area contributed by atoms with Crippen LogP contribution in [0.5, 0.6) is 0 Å². The van der Waals surface area contributed by atoms with Crippen molar-refractivity contribution in [1.82, 2.24) is 21.3 Å². The molecule has 232 valence electrons. The first-order valence-electron chi connectivity index (χ1n) is 16.8. The molecule has 0 heterocycles. The summed E-state index contributed by atoms with van der Waals surface area (Å²) in [4.78, 5) is 24.9. The lowest BCUT2D eigenvalue weighted by Gasteiger charge is -2.32. The topological polar surface area (TPSA) is 82.3 Å². The summed E-state index contributed by atoms with van der Waals surface area (Å²) in [6.45, 7) is 5.98. The molecule has 0 spiro atoms. The van der Waals surface area contributed by atoms with Crippen LogP contribution in [0.1, 0.15) is 175 Å². The highest BCUT2D eigenvalue weighted by molar-refractivity contribution is 5.75. The van der Waals surface area contributed by atoms with Crippen LogP contribution in [-0.4, -0.2) is 37.2 Å². The van der Waals surface area contributed by atoms with Gasteiger partial charge in [-0.15, -0.1) is 0 Å². The molecule has 1 rings (SSSR count). The molecule has 6 nitrogen and oxygen atoms in total. The van der Waals surface area contributed by atoms with Crippen molar-refractivity contribution in [3.05, 3.63) is 0 Å². The first-order chi connectivity index (χ1) is 18.7. The highest BCUT2D eigenvalue weighted by Gasteiger charge is 2.27. The van der Waals surface area contributed by atoms with Crippen molar-refractivity contribution < 1.29 is 9.59 Å². The predicted octanol–water partition coefficient (Wildman–Crippen LogP) is 9.37. The maximum Gasteiger partial charge on any atom is 0.315 e. The van der Waals surface area contributed by atoms with Crippen LogP contribution in [0.3, 0.4) is 0 Å². The molecule has 4 amide bonds. The molecular formula is C33H68N4O2. The Hall–Kier alpha value is -1.46. The average Bonchev–Trinajstić information content (AvgIpc) is 2.91. The predicted molar refractivity (Wildman–Crippen MR) is 170 cm³/mol. The third kappa shape index (κ3) is 23.0. The molecule has 6 heteroatoms. The van der Waals surface area contributed by atoms with Crippen LogP contribution >= 0.6 is 0 Å². The van der Waals surface area contributed by atoms with Gasteiger partial charge in [0.1, 0.15) is 0 Å². The van der Waals surface area contributed by atoms with E-state index in [1.807, 2.05) is 0 Å². The van der Waals surface area contributed by atoms with Gasteiger partial charge in [-0.2, -0.15) is 0 Å². The normalized spacial score (nSPS) is 16.8. The van der Waals surface area contributed by atoms with Gasteiger partial charge in [-0.1, -0.05) is 150 Å². The average molecular weight is 553 g/mol. The molecule has 0 bridgehead atoms. The fourth-order valence-corrected chi connectivity index (χ4v) is 5.54. The summed E-state index contributed by atoms with van der Waals surface area (Å²) < 4.78 is 0. The molecule has 0 aromatic heterocycles. The SMILES string of the molecule is C.CCCCCCCCCCCCNC(=O)N[C@H]1CCCC[C@@H]1NC(=O)NCCCCCCCCCCCC. The summed E-state index contributed by atoms with van der Waals surface area (Å²) in [7, 11) is 0. The second kappa shape index (κ2) is 28.1. The van der Waals surface area contributed by atoms with Gasteiger partial charge >= 0.3 is 12.1 Å². The minimum atomic E-state index is -0.0922. The minimum absolute atomic E-state index is 0. The molecule has 2 atom stereocenters. The maximum absolute atomic E-state index is 12.4. The number of amides is 4. The third-order valence-electron chi connectivity index (χ3n) is 8.03. The number of hydrogen-bond acceptors (Lipinski definition) is 2. The van der Waals surface area contributed by atoms with E-state index in [4.69, 9.17) is 0 Å². The van der Waals surface area contributed by atoms with Gasteiger partial charge in [0.25, 0.3) is 0 Å². The Bertz CT molecular complexity index is 510. The maximum atomic E-state index is 12.4. The van der Waals surface area contributed by atoms with E-state index in [2.05, 4.69) is 35.1 Å². The molecule has 0 unspecified atom stereocenters. The zero-order valence-electron chi connectivity index (χ0n) is 25.4. The van der Waals surface area contributed by atoms with Crippen molar-refractivity contribution in [3.63, 3.8) is 0 Å². The van der Waals surface area contributed by atoms with Crippen LogP contribution in [0.25, 0.3) is 0 Å². The molecule has 1 aliphatic carbocycles. The van der Waals surface area contributed by atoms with Gasteiger partial charge in [0.15, 0.2) is 0 Å². The number of unbranched alkanes of at least 4 members (excludes halogenated alkanes) is 18. The second-order valence-electron chi connectivity index (χ2n) is 11.7. The number of urea groups is 2. The molecule has 1 saturated carbocycles. The summed E-state index contributed by atoms with van der Waals surface area (Å²) in [5.41, 5.74) is 0. The molecule has 4 N–H and O–H groups in total. The summed E-state index contributed by atoms with van der Waals surface area (Å²) >= 11 is 0. The van der Waals surface area contributed by atoms with Crippen molar-refractivity contribution >= 4 is 12.1 Å². The summed E-state index contributed by atoms with van der Waals surface area (Å²) in [6.07, 6.45) is 30.0. The molecule has 1 aliphatic rings. The highest BCUT2D eigenvalue weighted by Crippen LogP contribution is 2.19. The highest BCUT2D eigenvalue weighted by atomic mass is 16.2. The first-order valence-corrected chi connectivity index (χ1v) is 16.8. The fourth-order valence-electron chi connectivity index (χ4n) is 5.54. The van der Waals surface area contributed by atoms with E-state index < -0.39 is 0 Å². The number of rotatable bonds is 24. The summed E-state index contributed by atoms with van der Waals surface area (Å²) in [5, 5.41) is 12.3. The van der Waals surface area contributed by atoms with Crippen LogP contribution < -0.4 is 21.3 Å². The van der Waals surface area contributed by atoms with Crippen molar-refractivity contribution in [2.75, 3.05) is 13.1 Å². The van der Waals surface area contributed by atoms with Crippen LogP contribution in [0, 0.1) is 0 Å². The lowest BCUT2D eigenvalue weighted by Crippen LogP contribution is -2.56. The standard InChI is InChI=1S/C32H64N4O2.CH4/c1-3-5-7-9-11-13-15-17-19-23-27-33-31(37)35-29-25-21-22-26-30(29)36-32(38)34-28-24-20-18-16-14-12-10-8-6-4-2;/h29-30H,3-28H2,1-2H3,(H2,33,35,37)(H2,34,36,38);1H4/t29-,30-;/m0./s1. The van der Waals surface area contributed by atoms with E-state index in [1.165, 1.54) is 116 Å². The Labute approximate surface area is 243 Å². The molecule has 1 fully saturated rings. The quantitative estimate of drug-likeness (QED) is 0.0899. The number of hydrogen-bond donors (Lipinski definition) is 4. The number of nitrogens with one attached hydrogen (secondary N) is 4. The van der Waals surface area contributed by atoms with Crippen LogP contribution in [-0.2, 0) is 0 Å². The number of carbonyl (C=O) groups is 2. The molecule has 0 aliphatic heterocycles. The van der Waals surface area contributed by atoms with Gasteiger partial charge in [-0.3, -0.25) is 0 Å². The van der Waals surface area contributed by atoms with Crippen molar-refractivity contribution in [3.8, 4) is 0 Å². The number of carbonyl (C=O) groups excluding carboxylic acids is 2. The Balaban J connectivity index is 0.0000144. The van der Waals surface area contributed by atoms with Crippen molar-refractivity contribution in [2.24, 2.45) is 0 Å². The zero-order chi connectivity index (χ0) is 27.5. The Morgan fingerprint density at radius 1 is 0.487 bits per heavy atom. The Morgan fingerprint density at radius 2 is 0.769 bits per heavy atom. The van der Waals surface area contributed by atoms with E-state index >= 15 is 0 Å². The molecule has 0 saturated heterocycles. The smallest absolute Gasteiger partial charge is 0.315 e. The van der Waals surface area contributed by atoms with Crippen LogP contribution in [0.15, 0.2) is 0 Å². The lowest BCUT2D eigenvalue weighted by atomic mass is 9.90. The Kier molecular flexibility index (Phi) is 27.0. The third-order valence-corrected chi connectivity index (χ3v) is 8.03. The van der Waals surface area contributed by atoms with Crippen molar-refractivity contribution in [1.29, 1.82) is 0 Å². The molecule has 0 aromatic rings. The monoisotopic (exact) mass is 553 g/mol. The first kappa shape index (κ1) is 37.5. The molecular weight excluding hydrogens is 484 g/mol. The summed E-state index contributed by atoms with van der Waals surface area (Å²) in [6, 6.07) is -0.158. The fraction of sp³-hybridized carbons (Fsp3) is 0.939. The second-order valence-corrected chi connectivity index (χ2v) is 11.7. The largest absolute Gasteiger partial charge is 0.338 e.